The van der Waals surface area contributed by atoms with Crippen molar-refractivity contribution in [2.24, 2.45) is 0 Å². The molecular weight excluding hydrogens is 400 g/mol. The lowest BCUT2D eigenvalue weighted by Gasteiger charge is -2.23. The average molecular weight is 420 g/mol. The Kier molecular flexibility index (Phi) is 5.21. The van der Waals surface area contributed by atoms with E-state index >= 15 is 0 Å². The number of nitrogens with zero attached hydrogens (tertiary/aromatic N) is 2. The molecule has 2 heterocycles. The van der Waals surface area contributed by atoms with Gasteiger partial charge in [-0.1, -0.05) is 17.3 Å². The Bertz CT molecular complexity index is 1160. The number of Topliss-reactive ketones (excluding diaryl/α,β-unsaturated/α-hetero) is 1. The third-order valence-corrected chi connectivity index (χ3v) is 5.10. The Balaban J connectivity index is 1.90. The van der Waals surface area contributed by atoms with Crippen molar-refractivity contribution in [3.63, 3.8) is 0 Å². The minimum atomic E-state index is -0.891. The van der Waals surface area contributed by atoms with Crippen LogP contribution in [-0.4, -0.2) is 36.2 Å². The molecule has 1 saturated heterocycles. The summed E-state index contributed by atoms with van der Waals surface area (Å²) in [5, 5.41) is 15.0. The van der Waals surface area contributed by atoms with Gasteiger partial charge in [0, 0.05) is 11.6 Å². The van der Waals surface area contributed by atoms with E-state index in [9.17, 15) is 14.7 Å². The molecule has 31 heavy (non-hydrogen) atoms. The van der Waals surface area contributed by atoms with Gasteiger partial charge in [0.15, 0.2) is 5.82 Å². The molecule has 0 spiro atoms. The number of carbonyl (C=O) groups excluding carboxylic acids is 2. The summed E-state index contributed by atoms with van der Waals surface area (Å²) in [5.41, 5.74) is 0.949. The maximum Gasteiger partial charge on any atom is 0.301 e. The van der Waals surface area contributed by atoms with Crippen LogP contribution in [0, 0.1) is 6.92 Å². The largest absolute Gasteiger partial charge is 0.507 e. The zero-order valence-electron chi connectivity index (χ0n) is 17.2. The van der Waals surface area contributed by atoms with E-state index in [0.29, 0.717) is 28.4 Å². The van der Waals surface area contributed by atoms with Crippen LogP contribution in [0.4, 0.5) is 5.82 Å². The molecule has 1 aromatic heterocycles. The SMILES string of the molecule is COc1ccc(C(O)=C2C(=O)C(=O)N(c3cc(C)on3)[C@@H]2c2ccc(OC)cc2)cc1. The maximum atomic E-state index is 13.0. The minimum absolute atomic E-state index is 0.0408. The summed E-state index contributed by atoms with van der Waals surface area (Å²) in [5.74, 6) is -0.00634. The van der Waals surface area contributed by atoms with Crippen molar-refractivity contribution in [1.29, 1.82) is 0 Å². The van der Waals surface area contributed by atoms with Crippen LogP contribution in [-0.2, 0) is 9.59 Å². The molecular formula is C23H20N2O6. The van der Waals surface area contributed by atoms with Gasteiger partial charge in [-0.3, -0.25) is 14.5 Å². The van der Waals surface area contributed by atoms with E-state index in [2.05, 4.69) is 5.16 Å². The standard InChI is InChI=1S/C23H20N2O6/c1-13-12-18(24-31-13)25-20(14-4-8-16(29-2)9-5-14)19(22(27)23(25)28)21(26)15-6-10-17(30-3)11-7-15/h4-12,20,26H,1-3H3/t20-/m1/s1. The predicted molar refractivity (Wildman–Crippen MR) is 112 cm³/mol. The number of aromatic nitrogens is 1. The smallest absolute Gasteiger partial charge is 0.301 e. The van der Waals surface area contributed by atoms with Gasteiger partial charge in [-0.15, -0.1) is 0 Å². The van der Waals surface area contributed by atoms with Crippen LogP contribution in [0.2, 0.25) is 0 Å². The zero-order chi connectivity index (χ0) is 22.1. The second kappa shape index (κ2) is 7.98. The highest BCUT2D eigenvalue weighted by molar-refractivity contribution is 6.51. The van der Waals surface area contributed by atoms with Gasteiger partial charge in [-0.05, 0) is 48.9 Å². The number of amides is 1. The van der Waals surface area contributed by atoms with Crippen molar-refractivity contribution in [3.8, 4) is 11.5 Å². The average Bonchev–Trinajstić information content (AvgIpc) is 3.34. The molecule has 1 atom stereocenters. The van der Waals surface area contributed by atoms with Gasteiger partial charge in [-0.25, -0.2) is 0 Å². The molecule has 1 N–H and O–H groups in total. The fourth-order valence-corrected chi connectivity index (χ4v) is 3.54. The van der Waals surface area contributed by atoms with E-state index in [0.717, 1.165) is 0 Å². The van der Waals surface area contributed by atoms with Gasteiger partial charge in [0.1, 0.15) is 23.0 Å². The summed E-state index contributed by atoms with van der Waals surface area (Å²) in [6.07, 6.45) is 0. The topological polar surface area (TPSA) is 102 Å². The highest BCUT2D eigenvalue weighted by atomic mass is 16.5. The molecule has 0 unspecified atom stereocenters. The van der Waals surface area contributed by atoms with Crippen LogP contribution < -0.4 is 14.4 Å². The molecule has 0 saturated carbocycles. The van der Waals surface area contributed by atoms with Crippen LogP contribution >= 0.6 is 0 Å². The number of benzene rings is 2. The fraction of sp³-hybridized carbons (Fsp3) is 0.174. The van der Waals surface area contributed by atoms with Crippen molar-refractivity contribution in [3.05, 3.63) is 77.1 Å². The third kappa shape index (κ3) is 3.52. The summed E-state index contributed by atoms with van der Waals surface area (Å²) in [6, 6.07) is 14.1. The summed E-state index contributed by atoms with van der Waals surface area (Å²) in [6.45, 7) is 1.69. The number of ether oxygens (including phenoxy) is 2. The Labute approximate surface area is 178 Å². The normalized spacial score (nSPS) is 17.8. The number of hydrogen-bond acceptors (Lipinski definition) is 7. The Morgan fingerprint density at radius 1 is 1.00 bits per heavy atom. The van der Waals surface area contributed by atoms with Crippen LogP contribution in [0.5, 0.6) is 11.5 Å². The highest BCUT2D eigenvalue weighted by Crippen LogP contribution is 2.42. The molecule has 1 fully saturated rings. The van der Waals surface area contributed by atoms with Gasteiger partial charge in [0.05, 0.1) is 25.8 Å². The Hall–Kier alpha value is -4.07. The van der Waals surface area contributed by atoms with Crippen molar-refractivity contribution in [2.45, 2.75) is 13.0 Å². The van der Waals surface area contributed by atoms with E-state index in [-0.39, 0.29) is 17.2 Å². The number of hydrogen-bond donors (Lipinski definition) is 1. The molecule has 0 bridgehead atoms. The van der Waals surface area contributed by atoms with Crippen molar-refractivity contribution >= 4 is 23.3 Å². The summed E-state index contributed by atoms with van der Waals surface area (Å²) >= 11 is 0. The van der Waals surface area contributed by atoms with Crippen LogP contribution in [0.15, 0.2) is 64.7 Å². The molecule has 3 aromatic rings. The number of aliphatic hydroxyl groups is 1. The monoisotopic (exact) mass is 420 g/mol. The first-order chi connectivity index (χ1) is 14.9. The number of aryl methyl sites for hydroxylation is 1. The molecule has 4 rings (SSSR count). The van der Waals surface area contributed by atoms with Crippen LogP contribution in [0.25, 0.3) is 5.76 Å². The van der Waals surface area contributed by atoms with E-state index in [1.807, 2.05) is 0 Å². The number of carbonyl (C=O) groups is 2. The zero-order valence-corrected chi connectivity index (χ0v) is 17.2. The quantitative estimate of drug-likeness (QED) is 0.382. The molecule has 1 aliphatic heterocycles. The van der Waals surface area contributed by atoms with Crippen molar-refractivity contribution in [1.82, 2.24) is 5.16 Å². The lowest BCUT2D eigenvalue weighted by molar-refractivity contribution is -0.132. The number of ketones is 1. The predicted octanol–water partition coefficient (Wildman–Crippen LogP) is 3.63. The van der Waals surface area contributed by atoms with Gasteiger partial charge < -0.3 is 19.1 Å². The number of aliphatic hydroxyl groups excluding tert-OH is 1. The third-order valence-electron chi connectivity index (χ3n) is 5.10. The first kappa shape index (κ1) is 20.2. The molecule has 0 aliphatic carbocycles. The first-order valence-electron chi connectivity index (χ1n) is 9.47. The lowest BCUT2D eigenvalue weighted by Crippen LogP contribution is -2.29. The van der Waals surface area contributed by atoms with E-state index in [1.54, 1.807) is 68.6 Å². The molecule has 0 radical (unpaired) electrons. The highest BCUT2D eigenvalue weighted by Gasteiger charge is 2.48. The van der Waals surface area contributed by atoms with Gasteiger partial charge in [0.2, 0.25) is 0 Å². The Morgan fingerprint density at radius 3 is 2.10 bits per heavy atom. The Morgan fingerprint density at radius 2 is 1.58 bits per heavy atom. The molecule has 158 valence electrons. The number of anilines is 1. The molecule has 2 aromatic carbocycles. The van der Waals surface area contributed by atoms with E-state index in [1.165, 1.54) is 12.0 Å². The molecule has 1 amide bonds. The second-order valence-electron chi connectivity index (χ2n) is 6.97. The molecule has 8 nitrogen and oxygen atoms in total. The number of rotatable bonds is 5. The fourth-order valence-electron chi connectivity index (χ4n) is 3.54. The van der Waals surface area contributed by atoms with Crippen molar-refractivity contribution in [2.75, 3.05) is 19.1 Å². The second-order valence-corrected chi connectivity index (χ2v) is 6.97. The van der Waals surface area contributed by atoms with E-state index in [4.69, 9.17) is 14.0 Å². The minimum Gasteiger partial charge on any atom is -0.507 e. The summed E-state index contributed by atoms with van der Waals surface area (Å²) in [4.78, 5) is 27.2. The number of methoxy groups -OCH3 is 2. The van der Waals surface area contributed by atoms with Crippen LogP contribution in [0.3, 0.4) is 0 Å². The van der Waals surface area contributed by atoms with Crippen LogP contribution in [0.1, 0.15) is 22.9 Å². The summed E-state index contributed by atoms with van der Waals surface area (Å²) in [7, 11) is 3.08. The van der Waals surface area contributed by atoms with Gasteiger partial charge in [-0.2, -0.15) is 0 Å². The first-order valence-corrected chi connectivity index (χ1v) is 9.47. The molecule has 8 heteroatoms. The van der Waals surface area contributed by atoms with Gasteiger partial charge in [0.25, 0.3) is 5.78 Å². The molecule has 1 aliphatic rings. The van der Waals surface area contributed by atoms with Gasteiger partial charge >= 0.3 is 5.91 Å². The lowest BCUT2D eigenvalue weighted by atomic mass is 9.95. The van der Waals surface area contributed by atoms with E-state index < -0.39 is 17.7 Å². The van der Waals surface area contributed by atoms with Crippen molar-refractivity contribution < 1.29 is 28.7 Å². The summed E-state index contributed by atoms with van der Waals surface area (Å²) < 4.78 is 15.5. The maximum absolute atomic E-state index is 13.0.